The predicted octanol–water partition coefficient (Wildman–Crippen LogP) is 20.7. The van der Waals surface area contributed by atoms with Crippen LogP contribution in [-0.2, 0) is 0 Å². The van der Waals surface area contributed by atoms with E-state index in [9.17, 15) is 0 Å². The standard InChI is InChI=1S/C56H74S4/c1-3-5-7-9-11-13-15-17-19-21-23-29-39-57-53-43-51(49-37-35-45-31-25-27-33-47(45)41-49)59-55(53)56-54(58-40-30-24-22-20-18-16-14-12-10-8-6-4-2)44-52(60-56)50-38-36-46-32-26-28-34-48(46)42-50/h25-28,31-38,41-44H,3-24,29-30,39-40H2,1-2H3. The number of benzene rings is 4. The van der Waals surface area contributed by atoms with Gasteiger partial charge in [-0.25, -0.2) is 0 Å². The normalized spacial score (nSPS) is 11.7. The van der Waals surface area contributed by atoms with E-state index in [0.717, 1.165) is 0 Å². The molecule has 0 spiro atoms. The number of fused-ring (bicyclic) bond motifs is 2. The van der Waals surface area contributed by atoms with Gasteiger partial charge in [0.2, 0.25) is 0 Å². The van der Waals surface area contributed by atoms with Crippen molar-refractivity contribution in [2.24, 2.45) is 0 Å². The summed E-state index contributed by atoms with van der Waals surface area (Å²) in [5.74, 6) is 2.39. The SMILES string of the molecule is CCCCCCCCCCCCCCSc1cc(-c2ccc3ccccc3c2)sc1-c1sc(-c2ccc3ccccc3c2)cc1SCCCCCCCCCCCCCC. The highest BCUT2D eigenvalue weighted by molar-refractivity contribution is 8.00. The van der Waals surface area contributed by atoms with E-state index in [1.807, 2.05) is 22.7 Å². The number of rotatable bonds is 31. The Hall–Kier alpha value is -2.50. The van der Waals surface area contributed by atoms with E-state index in [0.29, 0.717) is 0 Å². The molecule has 0 fully saturated rings. The minimum absolute atomic E-state index is 1.20. The lowest BCUT2D eigenvalue weighted by molar-refractivity contribution is 0.548. The van der Waals surface area contributed by atoms with E-state index in [1.165, 1.54) is 228 Å². The van der Waals surface area contributed by atoms with Crippen LogP contribution in [-0.4, -0.2) is 11.5 Å². The molecule has 0 saturated carbocycles. The third-order valence-corrected chi connectivity index (χ3v) is 17.2. The van der Waals surface area contributed by atoms with E-state index in [2.05, 4.69) is 134 Å². The fourth-order valence-corrected chi connectivity index (χ4v) is 13.6. The minimum Gasteiger partial charge on any atom is -0.133 e. The van der Waals surface area contributed by atoms with Gasteiger partial charge in [-0.2, -0.15) is 0 Å². The second-order valence-corrected chi connectivity index (χ2v) is 21.6. The Kier molecular flexibility index (Phi) is 21.6. The van der Waals surface area contributed by atoms with Gasteiger partial charge in [0.25, 0.3) is 0 Å². The maximum absolute atomic E-state index is 2.53. The first-order valence-electron chi connectivity index (χ1n) is 24.3. The van der Waals surface area contributed by atoms with E-state index < -0.39 is 0 Å². The molecule has 322 valence electrons. The Labute approximate surface area is 382 Å². The summed E-state index contributed by atoms with van der Waals surface area (Å²) < 4.78 is 0. The first-order valence-corrected chi connectivity index (χ1v) is 27.9. The molecule has 0 aliphatic rings. The summed E-state index contributed by atoms with van der Waals surface area (Å²) in [6.45, 7) is 4.62. The molecular formula is C56H74S4. The second kappa shape index (κ2) is 27.5. The van der Waals surface area contributed by atoms with Crippen LogP contribution in [0.1, 0.15) is 168 Å². The van der Waals surface area contributed by atoms with Gasteiger partial charge in [0.15, 0.2) is 0 Å². The molecule has 0 saturated heterocycles. The van der Waals surface area contributed by atoms with Crippen molar-refractivity contribution >= 4 is 67.7 Å². The van der Waals surface area contributed by atoms with Gasteiger partial charge < -0.3 is 0 Å². The van der Waals surface area contributed by atoms with Gasteiger partial charge in [-0.05, 0) is 81.3 Å². The predicted molar refractivity (Wildman–Crippen MR) is 277 cm³/mol. The maximum atomic E-state index is 2.53. The van der Waals surface area contributed by atoms with E-state index in [4.69, 9.17) is 0 Å². The number of unbranched alkanes of at least 4 members (excludes halogenated alkanes) is 22. The van der Waals surface area contributed by atoms with Crippen LogP contribution in [0.25, 0.3) is 52.2 Å². The summed E-state index contributed by atoms with van der Waals surface area (Å²) >= 11 is 8.27. The summed E-state index contributed by atoms with van der Waals surface area (Å²) in [5.41, 5.74) is 2.68. The average Bonchev–Trinajstić information content (AvgIpc) is 3.91. The topological polar surface area (TPSA) is 0 Å². The minimum atomic E-state index is 1.20. The lowest BCUT2D eigenvalue weighted by Crippen LogP contribution is -1.85. The molecule has 2 heterocycles. The van der Waals surface area contributed by atoms with E-state index in [1.54, 1.807) is 0 Å². The quantitative estimate of drug-likeness (QED) is 0.0315. The Bertz CT molecular complexity index is 1930. The third kappa shape index (κ3) is 15.4. The first-order chi connectivity index (χ1) is 29.7. The summed E-state index contributed by atoms with van der Waals surface area (Å²) in [4.78, 5) is 8.71. The zero-order valence-corrected chi connectivity index (χ0v) is 40.5. The van der Waals surface area contributed by atoms with Crippen LogP contribution in [0.4, 0.5) is 0 Å². The first kappa shape index (κ1) is 47.0. The molecular weight excluding hydrogens is 801 g/mol. The van der Waals surface area contributed by atoms with Gasteiger partial charge in [0.05, 0.1) is 9.75 Å². The second-order valence-electron chi connectivity index (χ2n) is 17.2. The van der Waals surface area contributed by atoms with Crippen LogP contribution in [0.2, 0.25) is 0 Å². The zero-order valence-electron chi connectivity index (χ0n) is 37.3. The van der Waals surface area contributed by atoms with Crippen molar-refractivity contribution in [1.82, 2.24) is 0 Å². The van der Waals surface area contributed by atoms with Gasteiger partial charge in [-0.3, -0.25) is 0 Å². The third-order valence-electron chi connectivity index (χ3n) is 12.2. The molecule has 0 atom stereocenters. The van der Waals surface area contributed by atoms with Crippen LogP contribution in [0.3, 0.4) is 0 Å². The molecule has 0 unspecified atom stereocenters. The van der Waals surface area contributed by atoms with Crippen molar-refractivity contribution in [3.05, 3.63) is 97.1 Å². The molecule has 0 bridgehead atoms. The molecule has 0 radical (unpaired) electrons. The number of hydrogen-bond acceptors (Lipinski definition) is 4. The van der Waals surface area contributed by atoms with Gasteiger partial charge >= 0.3 is 0 Å². The highest BCUT2D eigenvalue weighted by Gasteiger charge is 2.20. The average molecular weight is 875 g/mol. The fourth-order valence-electron chi connectivity index (χ4n) is 8.50. The van der Waals surface area contributed by atoms with Crippen LogP contribution in [0.5, 0.6) is 0 Å². The van der Waals surface area contributed by atoms with Crippen molar-refractivity contribution in [1.29, 1.82) is 0 Å². The molecule has 4 aromatic carbocycles. The smallest absolute Gasteiger partial charge is 0.0596 e. The van der Waals surface area contributed by atoms with Crippen LogP contribution in [0.15, 0.2) is 107 Å². The lowest BCUT2D eigenvalue weighted by atomic mass is 10.1. The van der Waals surface area contributed by atoms with Crippen molar-refractivity contribution in [3.63, 3.8) is 0 Å². The monoisotopic (exact) mass is 874 g/mol. The summed E-state index contributed by atoms with van der Waals surface area (Å²) in [6.07, 6.45) is 33.6. The van der Waals surface area contributed by atoms with Crippen LogP contribution < -0.4 is 0 Å². The maximum Gasteiger partial charge on any atom is 0.0596 e. The Morgan fingerprint density at radius 2 is 0.650 bits per heavy atom. The van der Waals surface area contributed by atoms with Crippen molar-refractivity contribution < 1.29 is 0 Å². The lowest BCUT2D eigenvalue weighted by Gasteiger charge is -2.06. The highest BCUT2D eigenvalue weighted by atomic mass is 32.2. The summed E-state index contributed by atoms with van der Waals surface area (Å²) in [6, 6.07) is 36.8. The molecule has 0 nitrogen and oxygen atoms in total. The molecule has 0 aliphatic heterocycles. The highest BCUT2D eigenvalue weighted by Crippen LogP contribution is 2.51. The fraction of sp³-hybridized carbons (Fsp3) is 0.500. The Morgan fingerprint density at radius 3 is 1.00 bits per heavy atom. The zero-order chi connectivity index (χ0) is 41.5. The Morgan fingerprint density at radius 1 is 0.333 bits per heavy atom. The molecule has 4 heteroatoms. The van der Waals surface area contributed by atoms with Crippen molar-refractivity contribution in [2.75, 3.05) is 11.5 Å². The van der Waals surface area contributed by atoms with Crippen LogP contribution >= 0.6 is 46.2 Å². The van der Waals surface area contributed by atoms with Crippen molar-refractivity contribution in [3.8, 4) is 30.6 Å². The number of thiophene rings is 2. The van der Waals surface area contributed by atoms with Gasteiger partial charge in [-0.15, -0.1) is 46.2 Å². The molecule has 0 N–H and O–H groups in total. The molecule has 6 rings (SSSR count). The number of hydrogen-bond donors (Lipinski definition) is 0. The van der Waals surface area contributed by atoms with Gasteiger partial charge in [-0.1, -0.05) is 228 Å². The van der Waals surface area contributed by atoms with Crippen LogP contribution in [0, 0.1) is 0 Å². The largest absolute Gasteiger partial charge is 0.133 e. The van der Waals surface area contributed by atoms with Crippen molar-refractivity contribution in [2.45, 2.75) is 178 Å². The van der Waals surface area contributed by atoms with Gasteiger partial charge in [0.1, 0.15) is 0 Å². The number of thioether (sulfide) groups is 2. The van der Waals surface area contributed by atoms with Gasteiger partial charge in [0, 0.05) is 19.5 Å². The molecule has 0 aliphatic carbocycles. The van der Waals surface area contributed by atoms with E-state index in [-0.39, 0.29) is 0 Å². The molecule has 0 amide bonds. The Balaban J connectivity index is 1.13. The molecule has 6 aromatic rings. The molecule has 60 heavy (non-hydrogen) atoms. The summed E-state index contributed by atoms with van der Waals surface area (Å²) in [7, 11) is 0. The molecule has 2 aromatic heterocycles. The summed E-state index contributed by atoms with van der Waals surface area (Å²) in [5, 5.41) is 5.27. The van der Waals surface area contributed by atoms with E-state index >= 15 is 0 Å².